The van der Waals surface area contributed by atoms with Crippen LogP contribution in [0.3, 0.4) is 0 Å². The van der Waals surface area contributed by atoms with Crippen LogP contribution >= 0.6 is 0 Å². The van der Waals surface area contributed by atoms with Crippen LogP contribution in [-0.2, 0) is 6.54 Å². The molecule has 0 atom stereocenters. The second kappa shape index (κ2) is 7.07. The van der Waals surface area contributed by atoms with Crippen LogP contribution in [0.4, 0.5) is 0 Å². The lowest BCUT2D eigenvalue weighted by Crippen LogP contribution is -2.21. The minimum absolute atomic E-state index is 0.507. The van der Waals surface area contributed by atoms with Gasteiger partial charge in [0.1, 0.15) is 12.4 Å². The Morgan fingerprint density at radius 1 is 1.38 bits per heavy atom. The second-order valence-corrected chi connectivity index (χ2v) is 4.06. The van der Waals surface area contributed by atoms with Crippen LogP contribution in [0, 0.1) is 0 Å². The summed E-state index contributed by atoms with van der Waals surface area (Å²) in [6.07, 6.45) is 3.99. The molecular formula is C14H21NO. The first-order valence-electron chi connectivity index (χ1n) is 5.78. The van der Waals surface area contributed by atoms with E-state index in [4.69, 9.17) is 4.74 Å². The van der Waals surface area contributed by atoms with E-state index < -0.39 is 0 Å². The van der Waals surface area contributed by atoms with Crippen molar-refractivity contribution in [2.45, 2.75) is 33.4 Å². The van der Waals surface area contributed by atoms with Gasteiger partial charge in [0.05, 0.1) is 0 Å². The summed E-state index contributed by atoms with van der Waals surface area (Å²) in [4.78, 5) is 0. The van der Waals surface area contributed by atoms with Crippen LogP contribution < -0.4 is 10.1 Å². The molecule has 16 heavy (non-hydrogen) atoms. The molecule has 0 radical (unpaired) electrons. The summed E-state index contributed by atoms with van der Waals surface area (Å²) in [6, 6.07) is 8.72. The topological polar surface area (TPSA) is 21.3 Å². The monoisotopic (exact) mass is 219 g/mol. The fourth-order valence-corrected chi connectivity index (χ4v) is 1.31. The normalized spacial score (nSPS) is 11.2. The van der Waals surface area contributed by atoms with Gasteiger partial charge >= 0.3 is 0 Å². The lowest BCUT2D eigenvalue weighted by molar-refractivity contribution is 0.362. The van der Waals surface area contributed by atoms with Crippen molar-refractivity contribution in [2.24, 2.45) is 0 Å². The number of ether oxygens (including phenoxy) is 1. The maximum atomic E-state index is 5.58. The molecule has 0 aromatic heterocycles. The summed E-state index contributed by atoms with van der Waals surface area (Å²) in [5, 5.41) is 3.39. The summed E-state index contributed by atoms with van der Waals surface area (Å²) in [5.74, 6) is 0.932. The van der Waals surface area contributed by atoms with Crippen LogP contribution in [0.5, 0.6) is 5.75 Å². The Hall–Kier alpha value is -1.28. The van der Waals surface area contributed by atoms with Gasteiger partial charge in [0.15, 0.2) is 0 Å². The molecule has 1 aromatic rings. The molecular weight excluding hydrogens is 198 g/mol. The van der Waals surface area contributed by atoms with Gasteiger partial charge in [-0.25, -0.2) is 0 Å². The first kappa shape index (κ1) is 12.8. The lowest BCUT2D eigenvalue weighted by atomic mass is 10.2. The van der Waals surface area contributed by atoms with Crippen molar-refractivity contribution in [1.82, 2.24) is 5.32 Å². The zero-order chi connectivity index (χ0) is 11.8. The molecule has 88 valence electrons. The first-order valence-corrected chi connectivity index (χ1v) is 5.78. The van der Waals surface area contributed by atoms with Crippen LogP contribution in [0.25, 0.3) is 0 Å². The van der Waals surface area contributed by atoms with Gasteiger partial charge in [0.2, 0.25) is 0 Å². The Kier molecular flexibility index (Phi) is 5.65. The minimum Gasteiger partial charge on any atom is -0.490 e. The summed E-state index contributed by atoms with van der Waals surface area (Å²) >= 11 is 0. The van der Waals surface area contributed by atoms with Crippen molar-refractivity contribution in [1.29, 1.82) is 0 Å². The van der Waals surface area contributed by atoms with Crippen molar-refractivity contribution in [3.63, 3.8) is 0 Å². The minimum atomic E-state index is 0.507. The summed E-state index contributed by atoms with van der Waals surface area (Å²) < 4.78 is 5.58. The quantitative estimate of drug-likeness (QED) is 0.742. The van der Waals surface area contributed by atoms with E-state index in [-0.39, 0.29) is 0 Å². The summed E-state index contributed by atoms with van der Waals surface area (Å²) in [5.41, 5.74) is 1.26. The predicted molar refractivity (Wildman–Crippen MR) is 68.7 cm³/mol. The molecule has 1 N–H and O–H groups in total. The Labute approximate surface area is 98.3 Å². The average Bonchev–Trinajstić information content (AvgIpc) is 2.27. The molecule has 2 nitrogen and oxygen atoms in total. The van der Waals surface area contributed by atoms with Crippen LogP contribution in [-0.4, -0.2) is 12.6 Å². The van der Waals surface area contributed by atoms with Crippen LogP contribution in [0.2, 0.25) is 0 Å². The Morgan fingerprint density at radius 3 is 2.88 bits per heavy atom. The number of rotatable bonds is 6. The number of hydrogen-bond donors (Lipinski definition) is 1. The average molecular weight is 219 g/mol. The number of nitrogens with one attached hydrogen (secondary N) is 1. The maximum absolute atomic E-state index is 5.58. The summed E-state index contributed by atoms with van der Waals surface area (Å²) in [7, 11) is 0. The maximum Gasteiger partial charge on any atom is 0.120 e. The molecule has 0 saturated heterocycles. The van der Waals surface area contributed by atoms with E-state index >= 15 is 0 Å². The Morgan fingerprint density at radius 2 is 2.19 bits per heavy atom. The number of hydrogen-bond acceptors (Lipinski definition) is 2. The van der Waals surface area contributed by atoms with E-state index in [0.29, 0.717) is 12.6 Å². The fraction of sp³-hybridized carbons (Fsp3) is 0.429. The molecule has 0 aliphatic rings. The van der Waals surface area contributed by atoms with Gasteiger partial charge < -0.3 is 10.1 Å². The second-order valence-electron chi connectivity index (χ2n) is 4.06. The van der Waals surface area contributed by atoms with Gasteiger partial charge in [-0.05, 0) is 24.6 Å². The van der Waals surface area contributed by atoms with Crippen LogP contribution in [0.15, 0.2) is 36.4 Å². The highest BCUT2D eigenvalue weighted by Gasteiger charge is 1.97. The zero-order valence-electron chi connectivity index (χ0n) is 10.4. The number of benzene rings is 1. The smallest absolute Gasteiger partial charge is 0.120 e. The molecule has 0 bridgehead atoms. The lowest BCUT2D eigenvalue weighted by Gasteiger charge is -2.09. The first-order chi connectivity index (χ1) is 7.72. The van der Waals surface area contributed by atoms with E-state index in [0.717, 1.165) is 12.3 Å². The molecule has 0 unspecified atom stereocenters. The highest BCUT2D eigenvalue weighted by Crippen LogP contribution is 2.13. The van der Waals surface area contributed by atoms with E-state index in [1.165, 1.54) is 5.56 Å². The summed E-state index contributed by atoms with van der Waals surface area (Å²) in [6.45, 7) is 7.81. The van der Waals surface area contributed by atoms with Gasteiger partial charge in [-0.3, -0.25) is 0 Å². The van der Waals surface area contributed by atoms with Crippen molar-refractivity contribution >= 4 is 0 Å². The van der Waals surface area contributed by atoms with Gasteiger partial charge in [0, 0.05) is 12.6 Å². The number of allylic oxidation sites excluding steroid dienone is 1. The van der Waals surface area contributed by atoms with Crippen molar-refractivity contribution < 1.29 is 4.74 Å². The van der Waals surface area contributed by atoms with Crippen LogP contribution in [0.1, 0.15) is 26.3 Å². The Bertz CT molecular complexity index is 331. The highest BCUT2D eigenvalue weighted by atomic mass is 16.5. The van der Waals surface area contributed by atoms with E-state index in [9.17, 15) is 0 Å². The molecule has 1 rings (SSSR count). The van der Waals surface area contributed by atoms with Gasteiger partial charge in [-0.15, -0.1) is 0 Å². The Balaban J connectivity index is 2.50. The molecule has 0 fully saturated rings. The molecule has 0 spiro atoms. The predicted octanol–water partition coefficient (Wildman–Crippen LogP) is 3.14. The molecule has 1 aromatic carbocycles. The zero-order valence-corrected chi connectivity index (χ0v) is 10.4. The molecule has 0 saturated carbocycles. The van der Waals surface area contributed by atoms with Crippen molar-refractivity contribution in [3.8, 4) is 5.75 Å². The third-order valence-electron chi connectivity index (χ3n) is 2.19. The van der Waals surface area contributed by atoms with Gasteiger partial charge in [-0.2, -0.15) is 0 Å². The molecule has 0 heterocycles. The standard InChI is InChI=1S/C14H21NO/c1-4-5-9-16-14-8-6-7-13(10-14)11-15-12(2)3/h4-8,10,12,15H,9,11H2,1-3H3/b5-4+. The largest absolute Gasteiger partial charge is 0.490 e. The molecule has 0 aliphatic heterocycles. The third kappa shape index (κ3) is 4.99. The van der Waals surface area contributed by atoms with E-state index in [2.05, 4.69) is 31.3 Å². The highest BCUT2D eigenvalue weighted by molar-refractivity contribution is 5.28. The molecule has 0 amide bonds. The van der Waals surface area contributed by atoms with E-state index in [1.807, 2.05) is 31.2 Å². The van der Waals surface area contributed by atoms with Crippen molar-refractivity contribution in [2.75, 3.05) is 6.61 Å². The third-order valence-corrected chi connectivity index (χ3v) is 2.19. The SMILES string of the molecule is C/C=C/COc1cccc(CNC(C)C)c1. The van der Waals surface area contributed by atoms with Gasteiger partial charge in [0.25, 0.3) is 0 Å². The van der Waals surface area contributed by atoms with E-state index in [1.54, 1.807) is 0 Å². The van der Waals surface area contributed by atoms with Crippen molar-refractivity contribution in [3.05, 3.63) is 42.0 Å². The molecule has 0 aliphatic carbocycles. The fourth-order valence-electron chi connectivity index (χ4n) is 1.31. The molecule has 2 heteroatoms. The van der Waals surface area contributed by atoms with Gasteiger partial charge in [-0.1, -0.05) is 38.1 Å².